The summed E-state index contributed by atoms with van der Waals surface area (Å²) < 4.78 is 1.82. The average molecular weight is 271 g/mol. The minimum Gasteiger partial charge on any atom is -0.323 e. The highest BCUT2D eigenvalue weighted by Gasteiger charge is 2.29. The highest BCUT2D eigenvalue weighted by atomic mass is 16.2. The fraction of sp³-hybridized carbons (Fsp3) is 0.375. The van der Waals surface area contributed by atoms with Gasteiger partial charge in [0.15, 0.2) is 0 Å². The van der Waals surface area contributed by atoms with Crippen molar-refractivity contribution < 1.29 is 4.79 Å². The molecule has 0 aliphatic rings. The Hall–Kier alpha value is -2.10. The van der Waals surface area contributed by atoms with Crippen LogP contribution in [0.3, 0.4) is 0 Å². The lowest BCUT2D eigenvalue weighted by atomic mass is 9.84. The molecule has 0 aliphatic carbocycles. The van der Waals surface area contributed by atoms with Crippen LogP contribution >= 0.6 is 0 Å². The Bertz CT molecular complexity index is 585. The Kier molecular flexibility index (Phi) is 3.93. The SMILES string of the molecule is CC(C)n1cc(NC(=O)C(C)(C)c2ccccc2)cn1. The van der Waals surface area contributed by atoms with Crippen molar-refractivity contribution in [3.05, 3.63) is 48.3 Å². The first-order chi connectivity index (χ1) is 9.41. The average Bonchev–Trinajstić information content (AvgIpc) is 2.88. The van der Waals surface area contributed by atoms with E-state index < -0.39 is 5.41 Å². The molecule has 106 valence electrons. The number of benzene rings is 1. The summed E-state index contributed by atoms with van der Waals surface area (Å²) in [4.78, 5) is 12.5. The van der Waals surface area contributed by atoms with Crippen LogP contribution in [0, 0.1) is 0 Å². The van der Waals surface area contributed by atoms with E-state index in [1.807, 2.05) is 68.9 Å². The highest BCUT2D eigenvalue weighted by Crippen LogP contribution is 2.25. The first kappa shape index (κ1) is 14.3. The number of hydrogen-bond acceptors (Lipinski definition) is 2. The van der Waals surface area contributed by atoms with Crippen LogP contribution in [-0.2, 0) is 10.2 Å². The quantitative estimate of drug-likeness (QED) is 0.926. The molecule has 0 atom stereocenters. The second-order valence-electron chi connectivity index (χ2n) is 5.75. The van der Waals surface area contributed by atoms with Crippen LogP contribution in [0.4, 0.5) is 5.69 Å². The number of nitrogens with zero attached hydrogens (tertiary/aromatic N) is 2. The summed E-state index contributed by atoms with van der Waals surface area (Å²) in [5.74, 6) is -0.0352. The summed E-state index contributed by atoms with van der Waals surface area (Å²) in [5, 5.41) is 7.16. The van der Waals surface area contributed by atoms with Gasteiger partial charge >= 0.3 is 0 Å². The van der Waals surface area contributed by atoms with Gasteiger partial charge in [0.05, 0.1) is 17.3 Å². The van der Waals surface area contributed by atoms with Gasteiger partial charge in [-0.2, -0.15) is 5.10 Å². The molecule has 2 rings (SSSR count). The topological polar surface area (TPSA) is 46.9 Å². The lowest BCUT2D eigenvalue weighted by Crippen LogP contribution is -2.34. The van der Waals surface area contributed by atoms with E-state index >= 15 is 0 Å². The van der Waals surface area contributed by atoms with Crippen molar-refractivity contribution >= 4 is 11.6 Å². The monoisotopic (exact) mass is 271 g/mol. The van der Waals surface area contributed by atoms with Crippen LogP contribution in [-0.4, -0.2) is 15.7 Å². The Morgan fingerprint density at radius 2 is 1.90 bits per heavy atom. The summed E-state index contributed by atoms with van der Waals surface area (Å²) in [6.45, 7) is 7.94. The molecule has 0 saturated carbocycles. The van der Waals surface area contributed by atoms with Crippen molar-refractivity contribution in [1.29, 1.82) is 0 Å². The van der Waals surface area contributed by atoms with Crippen LogP contribution < -0.4 is 5.32 Å². The lowest BCUT2D eigenvalue weighted by Gasteiger charge is -2.23. The van der Waals surface area contributed by atoms with Gasteiger partial charge < -0.3 is 5.32 Å². The molecule has 2 aromatic rings. The molecule has 4 heteroatoms. The molecule has 20 heavy (non-hydrogen) atoms. The van der Waals surface area contributed by atoms with Crippen LogP contribution in [0.25, 0.3) is 0 Å². The van der Waals surface area contributed by atoms with E-state index in [9.17, 15) is 4.79 Å². The zero-order valence-electron chi connectivity index (χ0n) is 12.4. The second kappa shape index (κ2) is 5.49. The van der Waals surface area contributed by atoms with Gasteiger partial charge in [-0.3, -0.25) is 9.48 Å². The summed E-state index contributed by atoms with van der Waals surface area (Å²) in [6.07, 6.45) is 3.53. The fourth-order valence-electron chi connectivity index (χ4n) is 1.96. The standard InChI is InChI=1S/C16H21N3O/c1-12(2)19-11-14(10-17-19)18-15(20)16(3,4)13-8-6-5-7-9-13/h5-12H,1-4H3,(H,18,20). The molecule has 0 saturated heterocycles. The maximum atomic E-state index is 12.5. The Balaban J connectivity index is 2.14. The number of anilines is 1. The molecular weight excluding hydrogens is 250 g/mol. The third-order valence-corrected chi connectivity index (χ3v) is 3.45. The third kappa shape index (κ3) is 2.90. The normalized spacial score (nSPS) is 11.7. The molecule has 1 amide bonds. The van der Waals surface area contributed by atoms with Crippen LogP contribution in [0.5, 0.6) is 0 Å². The minimum atomic E-state index is -0.582. The van der Waals surface area contributed by atoms with Crippen molar-refractivity contribution in [3.63, 3.8) is 0 Å². The lowest BCUT2D eigenvalue weighted by molar-refractivity contribution is -0.120. The van der Waals surface area contributed by atoms with E-state index in [0.717, 1.165) is 11.3 Å². The Morgan fingerprint density at radius 1 is 1.25 bits per heavy atom. The molecule has 1 N–H and O–H groups in total. The van der Waals surface area contributed by atoms with Gasteiger partial charge in [-0.15, -0.1) is 0 Å². The van der Waals surface area contributed by atoms with E-state index in [2.05, 4.69) is 10.4 Å². The number of carbonyl (C=O) groups is 1. The van der Waals surface area contributed by atoms with Crippen LogP contribution in [0.15, 0.2) is 42.7 Å². The molecule has 4 nitrogen and oxygen atoms in total. The van der Waals surface area contributed by atoms with E-state index in [-0.39, 0.29) is 11.9 Å². The van der Waals surface area contributed by atoms with Gasteiger partial charge in [0.25, 0.3) is 0 Å². The number of hydrogen-bond donors (Lipinski definition) is 1. The first-order valence-corrected chi connectivity index (χ1v) is 6.82. The van der Waals surface area contributed by atoms with Crippen molar-refractivity contribution in [2.45, 2.75) is 39.2 Å². The number of amides is 1. The molecule has 0 fully saturated rings. The van der Waals surface area contributed by atoms with Crippen molar-refractivity contribution in [1.82, 2.24) is 9.78 Å². The third-order valence-electron chi connectivity index (χ3n) is 3.45. The van der Waals surface area contributed by atoms with Crippen molar-refractivity contribution in [2.24, 2.45) is 0 Å². The zero-order valence-corrected chi connectivity index (χ0v) is 12.4. The minimum absolute atomic E-state index is 0.0352. The molecule has 0 radical (unpaired) electrons. The Labute approximate surface area is 119 Å². The molecule has 0 aliphatic heterocycles. The van der Waals surface area contributed by atoms with Gasteiger partial charge in [-0.1, -0.05) is 30.3 Å². The van der Waals surface area contributed by atoms with Gasteiger partial charge in [0.2, 0.25) is 5.91 Å². The maximum absolute atomic E-state index is 12.5. The van der Waals surface area contributed by atoms with E-state index in [1.54, 1.807) is 6.20 Å². The van der Waals surface area contributed by atoms with E-state index in [0.29, 0.717) is 0 Å². The van der Waals surface area contributed by atoms with Crippen LogP contribution in [0.1, 0.15) is 39.3 Å². The Morgan fingerprint density at radius 3 is 2.45 bits per heavy atom. The predicted octanol–water partition coefficient (Wildman–Crippen LogP) is 3.38. The number of nitrogens with one attached hydrogen (secondary N) is 1. The van der Waals surface area contributed by atoms with Crippen molar-refractivity contribution in [3.8, 4) is 0 Å². The van der Waals surface area contributed by atoms with Crippen LogP contribution in [0.2, 0.25) is 0 Å². The molecule has 1 aromatic carbocycles. The smallest absolute Gasteiger partial charge is 0.234 e. The summed E-state index contributed by atoms with van der Waals surface area (Å²) in [7, 11) is 0. The summed E-state index contributed by atoms with van der Waals surface area (Å²) in [6, 6.07) is 10.1. The van der Waals surface area contributed by atoms with E-state index in [4.69, 9.17) is 0 Å². The zero-order chi connectivity index (χ0) is 14.8. The maximum Gasteiger partial charge on any atom is 0.234 e. The van der Waals surface area contributed by atoms with Gasteiger partial charge in [0.1, 0.15) is 0 Å². The molecular formula is C16H21N3O. The number of aromatic nitrogens is 2. The molecule has 1 heterocycles. The molecule has 1 aromatic heterocycles. The largest absolute Gasteiger partial charge is 0.323 e. The summed E-state index contributed by atoms with van der Waals surface area (Å²) in [5.41, 5.74) is 1.14. The van der Waals surface area contributed by atoms with Gasteiger partial charge in [-0.05, 0) is 33.3 Å². The second-order valence-corrected chi connectivity index (χ2v) is 5.75. The number of rotatable bonds is 4. The van der Waals surface area contributed by atoms with Gasteiger partial charge in [0, 0.05) is 12.2 Å². The molecule has 0 unspecified atom stereocenters. The molecule has 0 spiro atoms. The van der Waals surface area contributed by atoms with E-state index in [1.165, 1.54) is 0 Å². The molecule has 0 bridgehead atoms. The predicted molar refractivity (Wildman–Crippen MR) is 80.7 cm³/mol. The first-order valence-electron chi connectivity index (χ1n) is 6.82. The fourth-order valence-corrected chi connectivity index (χ4v) is 1.96. The highest BCUT2D eigenvalue weighted by molar-refractivity contribution is 5.98. The summed E-state index contributed by atoms with van der Waals surface area (Å²) >= 11 is 0. The van der Waals surface area contributed by atoms with Gasteiger partial charge in [-0.25, -0.2) is 0 Å². The number of carbonyl (C=O) groups excluding carboxylic acids is 1. The van der Waals surface area contributed by atoms with Crippen molar-refractivity contribution in [2.75, 3.05) is 5.32 Å².